The van der Waals surface area contributed by atoms with Crippen LogP contribution in [0.5, 0.6) is 0 Å². The second kappa shape index (κ2) is 4.55. The van der Waals surface area contributed by atoms with Crippen molar-refractivity contribution in [1.82, 2.24) is 0 Å². The highest BCUT2D eigenvalue weighted by atomic mass is 16.5. The van der Waals surface area contributed by atoms with Gasteiger partial charge in [-0.05, 0) is 25.7 Å². The van der Waals surface area contributed by atoms with E-state index in [2.05, 4.69) is 19.9 Å². The Kier molecular flexibility index (Phi) is 3.64. The molecule has 1 atom stereocenters. The van der Waals surface area contributed by atoms with Crippen LogP contribution in [0.3, 0.4) is 0 Å². The lowest BCUT2D eigenvalue weighted by atomic mass is 10.1. The van der Waals surface area contributed by atoms with E-state index < -0.39 is 0 Å². The topological polar surface area (TPSA) is 9.23 Å². The summed E-state index contributed by atoms with van der Waals surface area (Å²) in [6.45, 7) is 5.39. The van der Waals surface area contributed by atoms with Gasteiger partial charge in [0.15, 0.2) is 0 Å². The Hall–Kier alpha value is -0.300. The quantitative estimate of drug-likeness (QED) is 0.568. The summed E-state index contributed by atoms with van der Waals surface area (Å²) in [4.78, 5) is 0. The zero-order valence-corrected chi connectivity index (χ0v) is 7.60. The molecule has 0 N–H and O–H groups in total. The Morgan fingerprint density at radius 3 is 2.64 bits per heavy atom. The van der Waals surface area contributed by atoms with Crippen molar-refractivity contribution in [2.24, 2.45) is 0 Å². The lowest BCUT2D eigenvalue weighted by Crippen LogP contribution is -2.00. The predicted octanol–water partition coefficient (Wildman–Crippen LogP) is 2.91. The average molecular weight is 154 g/mol. The van der Waals surface area contributed by atoms with Crippen LogP contribution in [0.1, 0.15) is 39.5 Å². The van der Waals surface area contributed by atoms with E-state index in [-0.39, 0.29) is 0 Å². The third kappa shape index (κ3) is 2.66. The van der Waals surface area contributed by atoms with Crippen LogP contribution >= 0.6 is 0 Å². The van der Waals surface area contributed by atoms with E-state index in [0.717, 1.165) is 6.61 Å². The van der Waals surface area contributed by atoms with Crippen LogP contribution in [0.4, 0.5) is 0 Å². The smallest absolute Gasteiger partial charge is 0.0759 e. The Morgan fingerprint density at radius 1 is 1.45 bits per heavy atom. The Bertz CT molecular complexity index is 126. The van der Waals surface area contributed by atoms with E-state index in [1.165, 1.54) is 31.3 Å². The predicted molar refractivity (Wildman–Crippen MR) is 47.6 cm³/mol. The summed E-state index contributed by atoms with van der Waals surface area (Å²) in [5, 5.41) is 0. The molecule has 0 aromatic heterocycles. The van der Waals surface area contributed by atoms with Gasteiger partial charge >= 0.3 is 0 Å². The first-order valence-electron chi connectivity index (χ1n) is 4.68. The third-order valence-electron chi connectivity index (χ3n) is 2.29. The first-order valence-corrected chi connectivity index (χ1v) is 4.68. The van der Waals surface area contributed by atoms with Gasteiger partial charge in [0.05, 0.1) is 6.10 Å². The maximum Gasteiger partial charge on any atom is 0.0759 e. The Morgan fingerprint density at radius 2 is 2.18 bits per heavy atom. The third-order valence-corrected chi connectivity index (χ3v) is 2.29. The van der Waals surface area contributed by atoms with Crippen molar-refractivity contribution in [3.05, 3.63) is 11.6 Å². The highest BCUT2D eigenvalue weighted by Gasteiger charge is 2.12. The van der Waals surface area contributed by atoms with E-state index >= 15 is 0 Å². The van der Waals surface area contributed by atoms with Crippen LogP contribution in [-0.4, -0.2) is 12.7 Å². The van der Waals surface area contributed by atoms with Gasteiger partial charge < -0.3 is 4.74 Å². The molecule has 1 heterocycles. The fraction of sp³-hybridized carbons (Fsp3) is 0.800. The van der Waals surface area contributed by atoms with Crippen LogP contribution in [0.15, 0.2) is 11.6 Å². The van der Waals surface area contributed by atoms with Crippen molar-refractivity contribution >= 4 is 0 Å². The molecule has 1 rings (SSSR count). The van der Waals surface area contributed by atoms with Crippen molar-refractivity contribution < 1.29 is 4.74 Å². The van der Waals surface area contributed by atoms with E-state index in [4.69, 9.17) is 4.74 Å². The second-order valence-corrected chi connectivity index (χ2v) is 3.08. The molecular weight excluding hydrogens is 136 g/mol. The largest absolute Gasteiger partial charge is 0.374 e. The van der Waals surface area contributed by atoms with Crippen LogP contribution in [-0.2, 0) is 4.74 Å². The summed E-state index contributed by atoms with van der Waals surface area (Å²) in [6.07, 6.45) is 7.57. The maximum atomic E-state index is 5.51. The summed E-state index contributed by atoms with van der Waals surface area (Å²) in [5.74, 6) is 0. The SMILES string of the molecule is CCC(=C[C@@H]1CCCO1)CC. The highest BCUT2D eigenvalue weighted by molar-refractivity contribution is 5.04. The van der Waals surface area contributed by atoms with Gasteiger partial charge in [0.25, 0.3) is 0 Å². The normalized spacial score (nSPS) is 23.6. The zero-order chi connectivity index (χ0) is 8.10. The number of rotatable bonds is 3. The van der Waals surface area contributed by atoms with E-state index in [1.807, 2.05) is 0 Å². The first kappa shape index (κ1) is 8.79. The lowest BCUT2D eigenvalue weighted by Gasteiger charge is -2.05. The maximum absolute atomic E-state index is 5.51. The van der Waals surface area contributed by atoms with Gasteiger partial charge in [-0.1, -0.05) is 25.5 Å². The second-order valence-electron chi connectivity index (χ2n) is 3.08. The number of ether oxygens (including phenoxy) is 1. The number of hydrogen-bond donors (Lipinski definition) is 0. The van der Waals surface area contributed by atoms with Crippen LogP contribution in [0, 0.1) is 0 Å². The molecule has 0 bridgehead atoms. The lowest BCUT2D eigenvalue weighted by molar-refractivity contribution is 0.145. The van der Waals surface area contributed by atoms with E-state index in [1.54, 1.807) is 0 Å². The molecule has 0 saturated carbocycles. The summed E-state index contributed by atoms with van der Waals surface area (Å²) >= 11 is 0. The van der Waals surface area contributed by atoms with Crippen molar-refractivity contribution in [1.29, 1.82) is 0 Å². The minimum atomic E-state index is 0.435. The molecule has 0 radical (unpaired) electrons. The molecule has 1 saturated heterocycles. The van der Waals surface area contributed by atoms with Crippen molar-refractivity contribution in [3.8, 4) is 0 Å². The van der Waals surface area contributed by atoms with Crippen LogP contribution in [0.25, 0.3) is 0 Å². The van der Waals surface area contributed by atoms with Crippen molar-refractivity contribution in [2.75, 3.05) is 6.61 Å². The van der Waals surface area contributed by atoms with Gasteiger partial charge in [0, 0.05) is 6.61 Å². The fourth-order valence-corrected chi connectivity index (χ4v) is 1.48. The van der Waals surface area contributed by atoms with Crippen molar-refractivity contribution in [3.63, 3.8) is 0 Å². The molecule has 1 fully saturated rings. The van der Waals surface area contributed by atoms with Crippen LogP contribution < -0.4 is 0 Å². The van der Waals surface area contributed by atoms with Crippen LogP contribution in [0.2, 0.25) is 0 Å². The minimum absolute atomic E-state index is 0.435. The highest BCUT2D eigenvalue weighted by Crippen LogP contribution is 2.17. The molecule has 1 aliphatic heterocycles. The molecular formula is C10H18O. The van der Waals surface area contributed by atoms with Gasteiger partial charge in [-0.25, -0.2) is 0 Å². The standard InChI is InChI=1S/C10H18O/c1-3-9(4-2)8-10-6-5-7-11-10/h8,10H,3-7H2,1-2H3/t10-/m0/s1. The molecule has 1 heteroatoms. The summed E-state index contributed by atoms with van der Waals surface area (Å²) in [7, 11) is 0. The monoisotopic (exact) mass is 154 g/mol. The van der Waals surface area contributed by atoms with E-state index in [0.29, 0.717) is 6.10 Å². The molecule has 11 heavy (non-hydrogen) atoms. The summed E-state index contributed by atoms with van der Waals surface area (Å²) in [5.41, 5.74) is 1.54. The van der Waals surface area contributed by atoms with Gasteiger partial charge in [-0.3, -0.25) is 0 Å². The van der Waals surface area contributed by atoms with Gasteiger partial charge in [0.1, 0.15) is 0 Å². The molecule has 0 aromatic rings. The number of allylic oxidation sites excluding steroid dienone is 1. The van der Waals surface area contributed by atoms with Gasteiger partial charge in [0.2, 0.25) is 0 Å². The van der Waals surface area contributed by atoms with Gasteiger partial charge in [-0.15, -0.1) is 0 Å². The molecule has 1 nitrogen and oxygen atoms in total. The number of hydrogen-bond acceptors (Lipinski definition) is 1. The fourth-order valence-electron chi connectivity index (χ4n) is 1.48. The summed E-state index contributed by atoms with van der Waals surface area (Å²) in [6, 6.07) is 0. The van der Waals surface area contributed by atoms with Crippen molar-refractivity contribution in [2.45, 2.75) is 45.6 Å². The minimum Gasteiger partial charge on any atom is -0.374 e. The molecule has 0 amide bonds. The zero-order valence-electron chi connectivity index (χ0n) is 7.60. The Labute approximate surface area is 69.4 Å². The average Bonchev–Trinajstić information content (AvgIpc) is 2.52. The Balaban J connectivity index is 2.40. The van der Waals surface area contributed by atoms with Gasteiger partial charge in [-0.2, -0.15) is 0 Å². The first-order chi connectivity index (χ1) is 5.36. The molecule has 0 spiro atoms. The molecule has 1 aliphatic rings. The molecule has 0 aliphatic carbocycles. The molecule has 64 valence electrons. The molecule has 0 unspecified atom stereocenters. The molecule has 0 aromatic carbocycles. The van der Waals surface area contributed by atoms with E-state index in [9.17, 15) is 0 Å². The summed E-state index contributed by atoms with van der Waals surface area (Å²) < 4.78 is 5.51.